The highest BCUT2D eigenvalue weighted by atomic mass is 32.1. The number of hydrogen-bond donors (Lipinski definition) is 1. The van der Waals surface area contributed by atoms with Crippen LogP contribution in [0, 0.1) is 5.41 Å². The minimum atomic E-state index is 0.407. The van der Waals surface area contributed by atoms with Gasteiger partial charge in [0.25, 0.3) is 0 Å². The summed E-state index contributed by atoms with van der Waals surface area (Å²) in [5, 5.41) is 2.25. The first-order valence-electron chi connectivity index (χ1n) is 7.79. The van der Waals surface area contributed by atoms with Crippen LogP contribution >= 0.6 is 11.3 Å². The molecule has 3 heteroatoms. The largest absolute Gasteiger partial charge is 0.330 e. The van der Waals surface area contributed by atoms with Gasteiger partial charge in [-0.2, -0.15) is 0 Å². The van der Waals surface area contributed by atoms with Crippen LogP contribution < -0.4 is 5.73 Å². The quantitative estimate of drug-likeness (QED) is 0.859. The van der Waals surface area contributed by atoms with Crippen LogP contribution in [0.5, 0.6) is 0 Å². The molecule has 1 saturated carbocycles. The SMILES string of the molecule is NCC1(CN2CCc3sccc3C2)CCCCCC1. The first-order chi connectivity index (χ1) is 9.31. The summed E-state index contributed by atoms with van der Waals surface area (Å²) in [5.74, 6) is 0. The van der Waals surface area contributed by atoms with E-state index in [2.05, 4.69) is 16.3 Å². The molecule has 3 rings (SSSR count). The smallest absolute Gasteiger partial charge is 0.0245 e. The topological polar surface area (TPSA) is 29.3 Å². The van der Waals surface area contributed by atoms with Gasteiger partial charge in [-0.1, -0.05) is 25.7 Å². The zero-order valence-electron chi connectivity index (χ0n) is 11.9. The van der Waals surface area contributed by atoms with Crippen LogP contribution in [0.4, 0.5) is 0 Å². The molecule has 2 nitrogen and oxygen atoms in total. The number of thiophene rings is 1. The van der Waals surface area contributed by atoms with Crippen LogP contribution in [-0.2, 0) is 13.0 Å². The van der Waals surface area contributed by atoms with Crippen molar-refractivity contribution in [3.05, 3.63) is 21.9 Å². The molecule has 1 aromatic rings. The molecular weight excluding hydrogens is 252 g/mol. The monoisotopic (exact) mass is 278 g/mol. The molecule has 2 aliphatic rings. The molecule has 1 aliphatic carbocycles. The summed E-state index contributed by atoms with van der Waals surface area (Å²) in [4.78, 5) is 4.27. The fourth-order valence-electron chi connectivity index (χ4n) is 3.82. The predicted molar refractivity (Wildman–Crippen MR) is 82.5 cm³/mol. The second-order valence-electron chi connectivity index (χ2n) is 6.45. The highest BCUT2D eigenvalue weighted by Gasteiger charge is 2.32. The molecule has 1 aliphatic heterocycles. The lowest BCUT2D eigenvalue weighted by atomic mass is 9.79. The van der Waals surface area contributed by atoms with E-state index in [1.165, 1.54) is 58.0 Å². The molecule has 0 bridgehead atoms. The van der Waals surface area contributed by atoms with Gasteiger partial charge in [0.05, 0.1) is 0 Å². The Labute approximate surface area is 121 Å². The van der Waals surface area contributed by atoms with Crippen molar-refractivity contribution < 1.29 is 0 Å². The van der Waals surface area contributed by atoms with Crippen LogP contribution in [-0.4, -0.2) is 24.5 Å². The number of fused-ring (bicyclic) bond motifs is 1. The van der Waals surface area contributed by atoms with Crippen molar-refractivity contribution in [3.8, 4) is 0 Å². The summed E-state index contributed by atoms with van der Waals surface area (Å²) in [6, 6.07) is 2.31. The van der Waals surface area contributed by atoms with E-state index in [1.54, 1.807) is 10.4 Å². The van der Waals surface area contributed by atoms with E-state index in [4.69, 9.17) is 5.73 Å². The maximum atomic E-state index is 6.17. The number of rotatable bonds is 3. The van der Waals surface area contributed by atoms with Gasteiger partial charge in [-0.15, -0.1) is 11.3 Å². The van der Waals surface area contributed by atoms with Crippen LogP contribution in [0.1, 0.15) is 49.0 Å². The Bertz CT molecular complexity index is 405. The van der Waals surface area contributed by atoms with Crippen molar-refractivity contribution in [1.29, 1.82) is 0 Å². The minimum absolute atomic E-state index is 0.407. The van der Waals surface area contributed by atoms with E-state index in [-0.39, 0.29) is 0 Å². The molecule has 1 fully saturated rings. The van der Waals surface area contributed by atoms with Crippen LogP contribution in [0.2, 0.25) is 0 Å². The van der Waals surface area contributed by atoms with E-state index in [1.807, 2.05) is 11.3 Å². The average Bonchev–Trinajstić information content (AvgIpc) is 2.77. The summed E-state index contributed by atoms with van der Waals surface area (Å²) in [7, 11) is 0. The Hall–Kier alpha value is -0.380. The number of nitrogens with two attached hydrogens (primary N) is 1. The Balaban J connectivity index is 1.66. The van der Waals surface area contributed by atoms with Gasteiger partial charge in [-0.05, 0) is 48.2 Å². The lowest BCUT2D eigenvalue weighted by Gasteiger charge is -2.38. The second kappa shape index (κ2) is 5.94. The summed E-state index contributed by atoms with van der Waals surface area (Å²) >= 11 is 1.93. The summed E-state index contributed by atoms with van der Waals surface area (Å²) in [5.41, 5.74) is 8.15. The standard InChI is InChI=1S/C16H26N2S/c17-12-16(7-3-1-2-4-8-16)13-18-9-5-15-14(11-18)6-10-19-15/h6,10H,1-5,7-9,11-13,17H2. The van der Waals surface area contributed by atoms with Gasteiger partial charge in [0.1, 0.15) is 0 Å². The predicted octanol–water partition coefficient (Wildman–Crippen LogP) is 3.41. The van der Waals surface area contributed by atoms with Gasteiger partial charge in [0, 0.05) is 24.5 Å². The lowest BCUT2D eigenvalue weighted by Crippen LogP contribution is -2.44. The average molecular weight is 278 g/mol. The molecule has 0 aromatic carbocycles. The molecular formula is C16H26N2S. The van der Waals surface area contributed by atoms with Crippen LogP contribution in [0.3, 0.4) is 0 Å². The van der Waals surface area contributed by atoms with Gasteiger partial charge >= 0.3 is 0 Å². The van der Waals surface area contributed by atoms with Crippen molar-refractivity contribution in [2.45, 2.75) is 51.5 Å². The molecule has 0 atom stereocenters. The molecule has 0 spiro atoms. The zero-order chi connectivity index (χ0) is 13.1. The van der Waals surface area contributed by atoms with E-state index >= 15 is 0 Å². The molecule has 0 amide bonds. The third-order valence-corrected chi connectivity index (χ3v) is 6.07. The van der Waals surface area contributed by atoms with E-state index in [0.717, 1.165) is 13.1 Å². The Morgan fingerprint density at radius 1 is 1.21 bits per heavy atom. The van der Waals surface area contributed by atoms with Gasteiger partial charge in [-0.3, -0.25) is 4.90 Å². The van der Waals surface area contributed by atoms with E-state index < -0.39 is 0 Å². The van der Waals surface area contributed by atoms with Crippen molar-refractivity contribution >= 4 is 11.3 Å². The Kier molecular flexibility index (Phi) is 4.25. The lowest BCUT2D eigenvalue weighted by molar-refractivity contribution is 0.126. The Morgan fingerprint density at radius 2 is 2.00 bits per heavy atom. The zero-order valence-corrected chi connectivity index (χ0v) is 12.7. The molecule has 0 unspecified atom stereocenters. The summed E-state index contributed by atoms with van der Waals surface area (Å²) in [6.45, 7) is 4.48. The fraction of sp³-hybridized carbons (Fsp3) is 0.750. The van der Waals surface area contributed by atoms with E-state index in [9.17, 15) is 0 Å². The first-order valence-corrected chi connectivity index (χ1v) is 8.67. The van der Waals surface area contributed by atoms with Gasteiger partial charge in [0.2, 0.25) is 0 Å². The normalized spacial score (nSPS) is 23.8. The molecule has 19 heavy (non-hydrogen) atoms. The number of nitrogens with zero attached hydrogens (tertiary/aromatic N) is 1. The highest BCUT2D eigenvalue weighted by Crippen LogP contribution is 2.36. The third-order valence-electron chi connectivity index (χ3n) is 5.04. The van der Waals surface area contributed by atoms with Gasteiger partial charge in [-0.25, -0.2) is 0 Å². The van der Waals surface area contributed by atoms with Gasteiger partial charge < -0.3 is 5.73 Å². The van der Waals surface area contributed by atoms with E-state index in [0.29, 0.717) is 5.41 Å². The Morgan fingerprint density at radius 3 is 2.74 bits per heavy atom. The second-order valence-corrected chi connectivity index (χ2v) is 7.45. The van der Waals surface area contributed by atoms with Gasteiger partial charge in [0.15, 0.2) is 0 Å². The maximum absolute atomic E-state index is 6.17. The van der Waals surface area contributed by atoms with Crippen LogP contribution in [0.15, 0.2) is 11.4 Å². The molecule has 2 heterocycles. The summed E-state index contributed by atoms with van der Waals surface area (Å²) < 4.78 is 0. The maximum Gasteiger partial charge on any atom is 0.0245 e. The first kappa shape index (κ1) is 13.6. The van der Waals surface area contributed by atoms with Crippen molar-refractivity contribution in [3.63, 3.8) is 0 Å². The molecule has 106 valence electrons. The summed E-state index contributed by atoms with van der Waals surface area (Å²) in [6.07, 6.45) is 9.52. The number of hydrogen-bond acceptors (Lipinski definition) is 3. The van der Waals surface area contributed by atoms with Crippen molar-refractivity contribution in [2.75, 3.05) is 19.6 Å². The molecule has 0 saturated heterocycles. The molecule has 0 radical (unpaired) electrons. The van der Waals surface area contributed by atoms with Crippen molar-refractivity contribution in [2.24, 2.45) is 11.1 Å². The fourth-order valence-corrected chi connectivity index (χ4v) is 4.71. The highest BCUT2D eigenvalue weighted by molar-refractivity contribution is 7.10. The molecule has 1 aromatic heterocycles. The third kappa shape index (κ3) is 3.04. The van der Waals surface area contributed by atoms with Crippen LogP contribution in [0.25, 0.3) is 0 Å². The van der Waals surface area contributed by atoms with Crippen molar-refractivity contribution in [1.82, 2.24) is 4.90 Å². The molecule has 2 N–H and O–H groups in total. The minimum Gasteiger partial charge on any atom is -0.330 e.